The van der Waals surface area contributed by atoms with Crippen molar-refractivity contribution in [1.82, 2.24) is 24.8 Å². The lowest BCUT2D eigenvalue weighted by Crippen LogP contribution is -2.43. The van der Waals surface area contributed by atoms with Gasteiger partial charge in [0.1, 0.15) is 18.8 Å². The molecule has 13 nitrogen and oxygen atoms in total. The molecule has 0 spiro atoms. The van der Waals surface area contributed by atoms with Crippen molar-refractivity contribution in [3.63, 3.8) is 0 Å². The van der Waals surface area contributed by atoms with Crippen molar-refractivity contribution in [2.45, 2.75) is 31.8 Å². The number of likely N-dealkylation sites (N-methyl/N-ethyl adjacent to an activating group) is 1. The zero-order valence-corrected chi connectivity index (χ0v) is 20.3. The third-order valence-electron chi connectivity index (χ3n) is 5.20. The van der Waals surface area contributed by atoms with Crippen molar-refractivity contribution < 1.29 is 33.4 Å². The van der Waals surface area contributed by atoms with Gasteiger partial charge in [-0.25, -0.2) is 4.98 Å². The first-order chi connectivity index (χ1) is 17.2. The Hall–Kier alpha value is -4.13. The Kier molecular flexibility index (Phi) is 10.7. The fourth-order valence-corrected chi connectivity index (χ4v) is 3.23. The number of amides is 2. The van der Waals surface area contributed by atoms with Crippen molar-refractivity contribution in [3.8, 4) is 0 Å². The second kappa shape index (κ2) is 13.7. The predicted molar refractivity (Wildman–Crippen MR) is 125 cm³/mol. The standard InChI is InChI=1S/C23H29N5O8/c1-24-22(33)18(29)7-6-16(26-21(32)17-12-25-14-27(17)2)19(30)11-15-5-4-8-28(23(15)34)13-20(31)36-10-9-35-3/h4-5,8,12,14,16H,6-7,9-11,13H2,1-3H3,(H,24,33)(H,26,32)/t16-/m0/s1. The monoisotopic (exact) mass is 503 g/mol. The number of Topliss-reactive ketones (excluding diaryl/α,β-unsaturated/α-hetero) is 2. The highest BCUT2D eigenvalue weighted by Crippen LogP contribution is 2.07. The first-order valence-electron chi connectivity index (χ1n) is 11.1. The van der Waals surface area contributed by atoms with Crippen molar-refractivity contribution in [3.05, 3.63) is 52.5 Å². The van der Waals surface area contributed by atoms with Gasteiger partial charge in [-0.3, -0.25) is 28.8 Å². The van der Waals surface area contributed by atoms with Crippen molar-refractivity contribution in [1.29, 1.82) is 0 Å². The maximum atomic E-state index is 13.1. The molecule has 0 saturated heterocycles. The summed E-state index contributed by atoms with van der Waals surface area (Å²) in [4.78, 5) is 77.9. The fourth-order valence-electron chi connectivity index (χ4n) is 3.23. The molecule has 0 radical (unpaired) electrons. The summed E-state index contributed by atoms with van der Waals surface area (Å²) in [5.74, 6) is -3.37. The van der Waals surface area contributed by atoms with Crippen LogP contribution in [0.4, 0.5) is 0 Å². The number of esters is 1. The zero-order chi connectivity index (χ0) is 26.7. The van der Waals surface area contributed by atoms with Gasteiger partial charge in [0.2, 0.25) is 5.78 Å². The summed E-state index contributed by atoms with van der Waals surface area (Å²) in [5, 5.41) is 4.77. The van der Waals surface area contributed by atoms with Crippen LogP contribution in [0.25, 0.3) is 0 Å². The molecule has 2 aromatic rings. The summed E-state index contributed by atoms with van der Waals surface area (Å²) in [7, 11) is 4.36. The number of nitrogens with zero attached hydrogens (tertiary/aromatic N) is 3. The lowest BCUT2D eigenvalue weighted by molar-refractivity contribution is -0.145. The number of ether oxygens (including phenoxy) is 2. The van der Waals surface area contributed by atoms with Gasteiger partial charge in [0.05, 0.1) is 25.2 Å². The van der Waals surface area contributed by atoms with Crippen LogP contribution in [0.2, 0.25) is 0 Å². The van der Waals surface area contributed by atoms with Crippen LogP contribution in [-0.2, 0) is 48.7 Å². The Morgan fingerprint density at radius 2 is 1.92 bits per heavy atom. The van der Waals surface area contributed by atoms with Crippen LogP contribution in [0.5, 0.6) is 0 Å². The van der Waals surface area contributed by atoms with Gasteiger partial charge in [0.15, 0.2) is 5.78 Å². The maximum absolute atomic E-state index is 13.1. The summed E-state index contributed by atoms with van der Waals surface area (Å²) >= 11 is 0. The summed E-state index contributed by atoms with van der Waals surface area (Å²) in [5.41, 5.74) is -0.309. The molecule has 13 heteroatoms. The van der Waals surface area contributed by atoms with E-state index in [4.69, 9.17) is 9.47 Å². The number of hydrogen-bond acceptors (Lipinski definition) is 9. The second-order valence-corrected chi connectivity index (χ2v) is 7.78. The van der Waals surface area contributed by atoms with E-state index in [1.807, 2.05) is 0 Å². The molecular formula is C23H29N5O8. The molecule has 0 saturated carbocycles. The highest BCUT2D eigenvalue weighted by molar-refractivity contribution is 6.36. The molecule has 2 aromatic heterocycles. The molecule has 36 heavy (non-hydrogen) atoms. The number of pyridine rings is 1. The average Bonchev–Trinajstić information content (AvgIpc) is 3.29. The minimum absolute atomic E-state index is 0.0368. The average molecular weight is 504 g/mol. The van der Waals surface area contributed by atoms with Crippen LogP contribution in [0.3, 0.4) is 0 Å². The van der Waals surface area contributed by atoms with Gasteiger partial charge >= 0.3 is 5.97 Å². The van der Waals surface area contributed by atoms with E-state index < -0.39 is 41.0 Å². The van der Waals surface area contributed by atoms with Gasteiger partial charge in [0.25, 0.3) is 17.4 Å². The van der Waals surface area contributed by atoms with Crippen LogP contribution >= 0.6 is 0 Å². The number of hydrogen-bond donors (Lipinski definition) is 2. The van der Waals surface area contributed by atoms with Gasteiger partial charge in [-0.15, -0.1) is 0 Å². The topological polar surface area (TPSA) is 168 Å². The van der Waals surface area contributed by atoms with E-state index in [0.29, 0.717) is 0 Å². The van der Waals surface area contributed by atoms with Crippen molar-refractivity contribution >= 4 is 29.4 Å². The van der Waals surface area contributed by atoms with Gasteiger partial charge in [-0.2, -0.15) is 0 Å². The lowest BCUT2D eigenvalue weighted by Gasteiger charge is -2.18. The quantitative estimate of drug-likeness (QED) is 0.182. The largest absolute Gasteiger partial charge is 0.462 e. The van der Waals surface area contributed by atoms with E-state index in [0.717, 1.165) is 4.57 Å². The summed E-state index contributed by atoms with van der Waals surface area (Å²) in [6.45, 7) is -0.107. The SMILES string of the molecule is CNC(=O)C(=O)CC[C@H](NC(=O)c1cncn1C)C(=O)Cc1cccn(CC(=O)OCCOC)c1=O. The molecule has 0 fully saturated rings. The Balaban J connectivity index is 2.17. The number of carbonyl (C=O) groups is 5. The summed E-state index contributed by atoms with van der Waals surface area (Å²) in [6, 6.07) is 1.78. The van der Waals surface area contributed by atoms with E-state index in [-0.39, 0.29) is 50.3 Å². The molecule has 2 N–H and O–H groups in total. The van der Waals surface area contributed by atoms with Crippen LogP contribution in [-0.4, -0.2) is 76.9 Å². The summed E-state index contributed by atoms with van der Waals surface area (Å²) < 4.78 is 12.3. The maximum Gasteiger partial charge on any atom is 0.326 e. The highest BCUT2D eigenvalue weighted by Gasteiger charge is 2.26. The third-order valence-corrected chi connectivity index (χ3v) is 5.20. The number of rotatable bonds is 14. The molecule has 2 heterocycles. The molecule has 0 bridgehead atoms. The van der Waals surface area contributed by atoms with Crippen molar-refractivity contribution in [2.24, 2.45) is 7.05 Å². The molecule has 0 aliphatic rings. The Labute approximate surface area is 206 Å². The van der Waals surface area contributed by atoms with Crippen LogP contribution in [0.1, 0.15) is 28.9 Å². The number of ketones is 2. The molecule has 1 atom stereocenters. The number of aryl methyl sites for hydroxylation is 1. The Morgan fingerprint density at radius 1 is 1.17 bits per heavy atom. The van der Waals surface area contributed by atoms with Crippen LogP contribution in [0, 0.1) is 0 Å². The molecule has 2 rings (SSSR count). The minimum Gasteiger partial charge on any atom is -0.462 e. The van der Waals surface area contributed by atoms with Gasteiger partial charge in [-0.05, 0) is 12.5 Å². The predicted octanol–water partition coefficient (Wildman–Crippen LogP) is -1.22. The highest BCUT2D eigenvalue weighted by atomic mass is 16.6. The number of nitrogens with one attached hydrogen (secondary N) is 2. The molecule has 0 aliphatic carbocycles. The third kappa shape index (κ3) is 7.98. The van der Waals surface area contributed by atoms with Gasteiger partial charge in [0, 0.05) is 45.8 Å². The number of aromatic nitrogens is 3. The van der Waals surface area contributed by atoms with E-state index in [2.05, 4.69) is 15.6 Å². The first kappa shape index (κ1) is 28.1. The first-order valence-corrected chi connectivity index (χ1v) is 11.1. The van der Waals surface area contributed by atoms with E-state index in [9.17, 15) is 28.8 Å². The number of carbonyl (C=O) groups excluding carboxylic acids is 5. The second-order valence-electron chi connectivity index (χ2n) is 7.78. The Morgan fingerprint density at radius 3 is 2.56 bits per heavy atom. The molecule has 0 aromatic carbocycles. The molecular weight excluding hydrogens is 474 g/mol. The smallest absolute Gasteiger partial charge is 0.326 e. The summed E-state index contributed by atoms with van der Waals surface area (Å²) in [6.07, 6.45) is 3.29. The van der Waals surface area contributed by atoms with E-state index in [1.54, 1.807) is 7.05 Å². The molecule has 0 unspecified atom stereocenters. The molecule has 0 aliphatic heterocycles. The zero-order valence-electron chi connectivity index (χ0n) is 20.3. The normalized spacial score (nSPS) is 11.4. The van der Waals surface area contributed by atoms with Crippen LogP contribution in [0.15, 0.2) is 35.6 Å². The van der Waals surface area contributed by atoms with Crippen LogP contribution < -0.4 is 16.2 Å². The Bertz CT molecular complexity index is 1170. The number of methoxy groups -OCH3 is 1. The number of imidazole rings is 1. The van der Waals surface area contributed by atoms with Gasteiger partial charge < -0.3 is 29.2 Å². The fraction of sp³-hybridized carbons (Fsp3) is 0.435. The van der Waals surface area contributed by atoms with E-state index >= 15 is 0 Å². The lowest BCUT2D eigenvalue weighted by atomic mass is 9.99. The molecule has 2 amide bonds. The van der Waals surface area contributed by atoms with E-state index in [1.165, 1.54) is 49.6 Å². The minimum atomic E-state index is -1.16. The van der Waals surface area contributed by atoms with Gasteiger partial charge in [-0.1, -0.05) is 6.07 Å². The van der Waals surface area contributed by atoms with Crippen molar-refractivity contribution in [2.75, 3.05) is 27.4 Å². The molecule has 194 valence electrons.